The number of fused-ring (bicyclic) bond motifs is 2. The minimum atomic E-state index is -1.05. The van der Waals surface area contributed by atoms with Crippen LogP contribution in [-0.4, -0.2) is 49.8 Å². The van der Waals surface area contributed by atoms with Crippen LogP contribution in [0.2, 0.25) is 0 Å². The first-order valence-electron chi connectivity index (χ1n) is 14.2. The van der Waals surface area contributed by atoms with Gasteiger partial charge in [0.25, 0.3) is 0 Å². The lowest BCUT2D eigenvalue weighted by Crippen LogP contribution is -2.32. The van der Waals surface area contributed by atoms with Crippen molar-refractivity contribution >= 4 is 27.9 Å². The van der Waals surface area contributed by atoms with Crippen LogP contribution < -0.4 is 4.74 Å². The summed E-state index contributed by atoms with van der Waals surface area (Å²) in [5.74, 6) is -1.15. The maximum absolute atomic E-state index is 14.3. The number of aromatic carboxylic acids is 1. The Labute approximate surface area is 247 Å². The number of pyridine rings is 2. The lowest BCUT2D eigenvalue weighted by atomic mass is 10.1. The maximum atomic E-state index is 14.3. The van der Waals surface area contributed by atoms with Crippen molar-refractivity contribution in [1.29, 1.82) is 5.26 Å². The van der Waals surface area contributed by atoms with Gasteiger partial charge >= 0.3 is 5.97 Å². The van der Waals surface area contributed by atoms with Crippen LogP contribution in [0.5, 0.6) is 5.88 Å². The van der Waals surface area contributed by atoms with Crippen molar-refractivity contribution in [2.75, 3.05) is 13.2 Å². The number of benzene rings is 2. The van der Waals surface area contributed by atoms with Crippen LogP contribution in [0.25, 0.3) is 21.9 Å². The van der Waals surface area contributed by atoms with E-state index in [0.717, 1.165) is 47.1 Å². The van der Waals surface area contributed by atoms with Crippen LogP contribution in [0, 0.1) is 17.1 Å². The molecule has 1 saturated heterocycles. The predicted octanol–water partition coefficient (Wildman–Crippen LogP) is 5.68. The molecule has 5 aromatic rings. The third-order valence-corrected chi connectivity index (χ3v) is 7.76. The largest absolute Gasteiger partial charge is 0.477 e. The summed E-state index contributed by atoms with van der Waals surface area (Å²) in [5.41, 5.74) is 4.19. The molecule has 1 fully saturated rings. The van der Waals surface area contributed by atoms with Crippen molar-refractivity contribution in [2.24, 2.45) is 0 Å². The van der Waals surface area contributed by atoms with Gasteiger partial charge in [0.05, 0.1) is 29.8 Å². The Morgan fingerprint density at radius 2 is 1.93 bits per heavy atom. The molecule has 1 atom stereocenters. The van der Waals surface area contributed by atoms with Crippen molar-refractivity contribution in [3.63, 3.8) is 0 Å². The normalized spacial score (nSPS) is 14.6. The van der Waals surface area contributed by atoms with Crippen LogP contribution in [0.4, 0.5) is 4.39 Å². The number of aromatic nitrogens is 3. The Hall–Kier alpha value is -4.85. The van der Waals surface area contributed by atoms with E-state index >= 15 is 0 Å². The van der Waals surface area contributed by atoms with E-state index in [4.69, 9.17) is 14.7 Å². The summed E-state index contributed by atoms with van der Waals surface area (Å²) in [6.45, 7) is 5.58. The molecule has 0 amide bonds. The Balaban J connectivity index is 1.20. The van der Waals surface area contributed by atoms with E-state index in [1.165, 1.54) is 12.1 Å². The number of carbonyl (C=O) groups is 1. The fourth-order valence-electron chi connectivity index (χ4n) is 5.24. The maximum Gasteiger partial charge on any atom is 0.354 e. The van der Waals surface area contributed by atoms with Gasteiger partial charge in [-0.15, -0.1) is 0 Å². The second-order valence-electron chi connectivity index (χ2n) is 10.6. The zero-order valence-corrected chi connectivity index (χ0v) is 23.7. The zero-order chi connectivity index (χ0) is 29.9. The molecule has 0 saturated carbocycles. The van der Waals surface area contributed by atoms with E-state index in [-0.39, 0.29) is 24.0 Å². The van der Waals surface area contributed by atoms with Crippen LogP contribution in [0.15, 0.2) is 66.7 Å². The van der Waals surface area contributed by atoms with E-state index in [2.05, 4.69) is 38.5 Å². The molecule has 43 heavy (non-hydrogen) atoms. The van der Waals surface area contributed by atoms with Crippen molar-refractivity contribution in [3.8, 4) is 11.9 Å². The van der Waals surface area contributed by atoms with Gasteiger partial charge in [-0.1, -0.05) is 25.1 Å². The van der Waals surface area contributed by atoms with Crippen molar-refractivity contribution in [1.82, 2.24) is 19.4 Å². The fraction of sp³-hybridized carbons (Fsp3) is 0.273. The van der Waals surface area contributed by atoms with Gasteiger partial charge in [-0.05, 0) is 61.0 Å². The molecule has 1 N–H and O–H groups in total. The number of ether oxygens (including phenoxy) is 2. The van der Waals surface area contributed by atoms with Crippen molar-refractivity contribution in [3.05, 3.63) is 101 Å². The van der Waals surface area contributed by atoms with Crippen LogP contribution in [0.1, 0.15) is 46.2 Å². The van der Waals surface area contributed by atoms with Gasteiger partial charge in [0.2, 0.25) is 5.88 Å². The van der Waals surface area contributed by atoms with Gasteiger partial charge < -0.3 is 19.1 Å². The average molecular weight is 580 g/mol. The van der Waals surface area contributed by atoms with Gasteiger partial charge in [-0.2, -0.15) is 5.26 Å². The smallest absolute Gasteiger partial charge is 0.354 e. The first kappa shape index (κ1) is 28.3. The van der Waals surface area contributed by atoms with E-state index in [1.54, 1.807) is 18.2 Å². The molecule has 0 bridgehead atoms. The number of halogens is 1. The molecule has 9 nitrogen and oxygen atoms in total. The summed E-state index contributed by atoms with van der Waals surface area (Å²) in [6, 6.07) is 21.5. The molecule has 2 aromatic carbocycles. The highest BCUT2D eigenvalue weighted by atomic mass is 19.1. The number of nitriles is 1. The summed E-state index contributed by atoms with van der Waals surface area (Å²) in [7, 11) is 0. The standard InChI is InChI=1S/C33H30FN5O4/c1-2-38(18-26-15-24-7-9-29(33(40)41)37-32(24)39(26)19-27-11-12-42-27)17-22-4-5-23-8-10-31(36-30(23)14-22)43-20-25-6-3-21(16-35)13-28(25)34/h3-10,13-15,27H,2,11-12,17-20H2,1H3,(H,40,41)/t27-/m0/s1. The molecule has 4 heterocycles. The molecule has 3 aromatic heterocycles. The topological polar surface area (TPSA) is 114 Å². The number of carboxylic acid groups (broad SMARTS) is 1. The molecule has 218 valence electrons. The number of rotatable bonds is 11. The molecule has 0 aliphatic carbocycles. The van der Waals surface area contributed by atoms with Gasteiger partial charge in [-0.25, -0.2) is 19.2 Å². The lowest BCUT2D eigenvalue weighted by Gasteiger charge is -2.29. The molecular formula is C33H30FN5O4. The molecule has 1 aliphatic rings. The predicted molar refractivity (Wildman–Crippen MR) is 158 cm³/mol. The third-order valence-electron chi connectivity index (χ3n) is 7.76. The van der Waals surface area contributed by atoms with Crippen molar-refractivity contribution in [2.45, 2.75) is 45.7 Å². The Bertz CT molecular complexity index is 1860. The van der Waals surface area contributed by atoms with E-state index in [9.17, 15) is 14.3 Å². The second-order valence-corrected chi connectivity index (χ2v) is 10.6. The van der Waals surface area contributed by atoms with E-state index < -0.39 is 11.8 Å². The van der Waals surface area contributed by atoms with Crippen LogP contribution in [0.3, 0.4) is 0 Å². The first-order chi connectivity index (χ1) is 20.9. The Morgan fingerprint density at radius 1 is 1.12 bits per heavy atom. The summed E-state index contributed by atoms with van der Waals surface area (Å²) in [5, 5.41) is 20.3. The summed E-state index contributed by atoms with van der Waals surface area (Å²) in [6.07, 6.45) is 1.06. The highest BCUT2D eigenvalue weighted by Crippen LogP contribution is 2.25. The minimum Gasteiger partial charge on any atom is -0.477 e. The van der Waals surface area contributed by atoms with Gasteiger partial charge in [0.1, 0.15) is 18.1 Å². The molecule has 10 heteroatoms. The molecule has 1 aliphatic heterocycles. The van der Waals surface area contributed by atoms with Gasteiger partial charge in [0, 0.05) is 47.8 Å². The van der Waals surface area contributed by atoms with E-state index in [1.807, 2.05) is 30.3 Å². The SMILES string of the molecule is CCN(Cc1ccc2ccc(OCc3ccc(C#N)cc3F)nc2c1)Cc1cc2ccc(C(=O)O)nc2n1C[C@@H]1CCO1. The number of hydrogen-bond acceptors (Lipinski definition) is 7. The highest BCUT2D eigenvalue weighted by molar-refractivity contribution is 5.89. The molecule has 0 unspecified atom stereocenters. The molecule has 0 radical (unpaired) electrons. The Kier molecular flexibility index (Phi) is 8.01. The highest BCUT2D eigenvalue weighted by Gasteiger charge is 2.23. The molecule has 6 rings (SSSR count). The minimum absolute atomic E-state index is 0.00205. The zero-order valence-electron chi connectivity index (χ0n) is 23.7. The third kappa shape index (κ3) is 6.18. The van der Waals surface area contributed by atoms with E-state index in [0.29, 0.717) is 36.7 Å². The monoisotopic (exact) mass is 579 g/mol. The van der Waals surface area contributed by atoms with Crippen LogP contribution in [-0.2, 0) is 31.0 Å². The fourth-order valence-corrected chi connectivity index (χ4v) is 5.24. The molecular weight excluding hydrogens is 549 g/mol. The first-order valence-corrected chi connectivity index (χ1v) is 14.2. The van der Waals surface area contributed by atoms with Crippen LogP contribution >= 0.6 is 0 Å². The molecule has 0 spiro atoms. The van der Waals surface area contributed by atoms with Gasteiger partial charge in [0.15, 0.2) is 5.69 Å². The summed E-state index contributed by atoms with van der Waals surface area (Å²) < 4.78 is 27.9. The number of carboxylic acids is 1. The Morgan fingerprint density at radius 3 is 2.65 bits per heavy atom. The lowest BCUT2D eigenvalue weighted by molar-refractivity contribution is -0.0591. The van der Waals surface area contributed by atoms with Crippen molar-refractivity contribution < 1.29 is 23.8 Å². The number of hydrogen-bond donors (Lipinski definition) is 1. The van der Waals surface area contributed by atoms with Gasteiger partial charge in [-0.3, -0.25) is 4.90 Å². The summed E-state index contributed by atoms with van der Waals surface area (Å²) in [4.78, 5) is 23.0. The quantitative estimate of drug-likeness (QED) is 0.213. The average Bonchev–Trinajstić information content (AvgIpc) is 3.33. The second kappa shape index (κ2) is 12.2. The number of nitrogens with zero attached hydrogens (tertiary/aromatic N) is 5. The summed E-state index contributed by atoms with van der Waals surface area (Å²) >= 11 is 0.